The van der Waals surface area contributed by atoms with Gasteiger partial charge in [-0.1, -0.05) is 84.4 Å². The summed E-state index contributed by atoms with van der Waals surface area (Å²) in [5.41, 5.74) is 6.28. The third kappa shape index (κ3) is 5.12. The van der Waals surface area contributed by atoms with Crippen LogP contribution in [0.3, 0.4) is 0 Å². The minimum atomic E-state index is -3.72. The number of sulfonamides is 1. The summed E-state index contributed by atoms with van der Waals surface area (Å²) in [6.07, 6.45) is 0. The zero-order valence-corrected chi connectivity index (χ0v) is 21.5. The highest BCUT2D eigenvalue weighted by atomic mass is 32.2. The van der Waals surface area contributed by atoms with Gasteiger partial charge in [-0.3, -0.25) is 4.79 Å². The number of aromatic amines is 1. The summed E-state index contributed by atoms with van der Waals surface area (Å²) in [5.74, 6) is -0.293. The summed E-state index contributed by atoms with van der Waals surface area (Å²) in [7, 11) is -3.72. The molecule has 0 aliphatic heterocycles. The van der Waals surface area contributed by atoms with Crippen molar-refractivity contribution in [2.75, 3.05) is 6.54 Å². The molecule has 1 aromatic heterocycles. The number of nitrogens with one attached hydrogen (secondary N) is 2. The maximum atomic E-state index is 13.2. The van der Waals surface area contributed by atoms with Gasteiger partial charge in [0.2, 0.25) is 10.0 Å². The summed E-state index contributed by atoms with van der Waals surface area (Å²) in [4.78, 5) is 15.9. The van der Waals surface area contributed by atoms with Gasteiger partial charge in [-0.25, -0.2) is 13.1 Å². The van der Waals surface area contributed by atoms with Crippen molar-refractivity contribution in [2.45, 2.75) is 24.7 Å². The SMILES string of the molecule is CC(=O)c1cccc(-c2[nH]c3ccccc3c2C(CNS(=O)(=O)c2ccc(C)cc2)c2ccccc2)c1. The van der Waals surface area contributed by atoms with Gasteiger partial charge in [-0.15, -0.1) is 0 Å². The number of benzene rings is 4. The quantitative estimate of drug-likeness (QED) is 0.236. The fourth-order valence-corrected chi connectivity index (χ4v) is 5.76. The Morgan fingerprint density at radius 3 is 2.30 bits per heavy atom. The highest BCUT2D eigenvalue weighted by Gasteiger charge is 2.26. The smallest absolute Gasteiger partial charge is 0.240 e. The van der Waals surface area contributed by atoms with E-state index in [0.717, 1.165) is 38.9 Å². The Labute approximate surface area is 217 Å². The molecule has 0 aliphatic carbocycles. The lowest BCUT2D eigenvalue weighted by atomic mass is 9.87. The second kappa shape index (κ2) is 10.2. The molecule has 6 heteroatoms. The number of para-hydroxylation sites is 1. The molecule has 1 unspecified atom stereocenters. The molecule has 0 radical (unpaired) electrons. The van der Waals surface area contributed by atoms with Crippen molar-refractivity contribution in [3.8, 4) is 11.3 Å². The van der Waals surface area contributed by atoms with Crippen LogP contribution in [0, 0.1) is 6.92 Å². The molecule has 5 rings (SSSR count). The first kappa shape index (κ1) is 24.7. The predicted molar refractivity (Wildman–Crippen MR) is 148 cm³/mol. The summed E-state index contributed by atoms with van der Waals surface area (Å²) >= 11 is 0. The lowest BCUT2D eigenvalue weighted by Gasteiger charge is -2.20. The van der Waals surface area contributed by atoms with E-state index in [0.29, 0.717) is 5.56 Å². The summed E-state index contributed by atoms with van der Waals surface area (Å²) < 4.78 is 29.3. The number of Topliss-reactive ketones (excluding diaryl/α,β-unsaturated/α-hetero) is 1. The van der Waals surface area contributed by atoms with Crippen LogP contribution in [-0.2, 0) is 10.0 Å². The number of carbonyl (C=O) groups excluding carboxylic acids is 1. The number of ketones is 1. The number of hydrogen-bond donors (Lipinski definition) is 2. The standard InChI is InChI=1S/C31H28N2O3S/c1-21-15-17-26(18-16-21)37(35,36)32-20-28(23-9-4-3-5-10-23)30-27-13-6-7-14-29(27)33-31(30)25-12-8-11-24(19-25)22(2)34/h3-19,28,32-33H,20H2,1-2H3. The summed E-state index contributed by atoms with van der Waals surface area (Å²) in [6, 6.07) is 32.3. The number of H-pyrrole nitrogens is 1. The van der Waals surface area contributed by atoms with E-state index < -0.39 is 10.0 Å². The Balaban J connectivity index is 1.65. The average Bonchev–Trinajstić information content (AvgIpc) is 3.29. The zero-order valence-electron chi connectivity index (χ0n) is 20.7. The summed E-state index contributed by atoms with van der Waals surface area (Å²) in [5, 5.41) is 1.01. The van der Waals surface area contributed by atoms with Crippen LogP contribution in [0.5, 0.6) is 0 Å². The van der Waals surface area contributed by atoms with Crippen LogP contribution in [0.4, 0.5) is 0 Å². The van der Waals surface area contributed by atoms with Crippen LogP contribution < -0.4 is 4.72 Å². The van der Waals surface area contributed by atoms with Crippen LogP contribution in [-0.4, -0.2) is 25.7 Å². The molecule has 0 spiro atoms. The van der Waals surface area contributed by atoms with Gasteiger partial charge >= 0.3 is 0 Å². The lowest BCUT2D eigenvalue weighted by molar-refractivity contribution is 0.101. The molecule has 5 aromatic rings. The van der Waals surface area contributed by atoms with Crippen LogP contribution in [0.2, 0.25) is 0 Å². The van der Waals surface area contributed by atoms with E-state index in [1.165, 1.54) is 0 Å². The number of hydrogen-bond acceptors (Lipinski definition) is 3. The van der Waals surface area contributed by atoms with Crippen molar-refractivity contribution in [2.24, 2.45) is 0 Å². The molecular weight excluding hydrogens is 480 g/mol. The fourth-order valence-electron chi connectivity index (χ4n) is 4.71. The number of aromatic nitrogens is 1. The van der Waals surface area contributed by atoms with E-state index in [9.17, 15) is 13.2 Å². The van der Waals surface area contributed by atoms with E-state index in [2.05, 4.69) is 9.71 Å². The second-order valence-corrected chi connectivity index (χ2v) is 11.0. The van der Waals surface area contributed by atoms with Crippen molar-refractivity contribution in [1.82, 2.24) is 9.71 Å². The predicted octanol–water partition coefficient (Wildman–Crippen LogP) is 6.46. The zero-order chi connectivity index (χ0) is 26.0. The van der Waals surface area contributed by atoms with Gasteiger partial charge in [0.25, 0.3) is 0 Å². The van der Waals surface area contributed by atoms with Crippen molar-refractivity contribution >= 4 is 26.7 Å². The van der Waals surface area contributed by atoms with Gasteiger partial charge in [-0.05, 0) is 54.8 Å². The molecule has 186 valence electrons. The van der Waals surface area contributed by atoms with Crippen molar-refractivity contribution in [3.63, 3.8) is 0 Å². The van der Waals surface area contributed by atoms with Crippen molar-refractivity contribution in [3.05, 3.63) is 125 Å². The average molecular weight is 509 g/mol. The maximum absolute atomic E-state index is 13.2. The van der Waals surface area contributed by atoms with Crippen molar-refractivity contribution in [1.29, 1.82) is 0 Å². The van der Waals surface area contributed by atoms with Crippen LogP contribution in [0.25, 0.3) is 22.2 Å². The molecule has 5 nitrogen and oxygen atoms in total. The van der Waals surface area contributed by atoms with Gasteiger partial charge in [0.15, 0.2) is 5.78 Å². The first-order valence-electron chi connectivity index (χ1n) is 12.2. The number of rotatable bonds is 8. The van der Waals surface area contributed by atoms with E-state index in [1.807, 2.05) is 79.7 Å². The van der Waals surface area contributed by atoms with E-state index >= 15 is 0 Å². The van der Waals surface area contributed by atoms with Crippen LogP contribution in [0.1, 0.15) is 39.9 Å². The lowest BCUT2D eigenvalue weighted by Crippen LogP contribution is -2.29. The van der Waals surface area contributed by atoms with Gasteiger partial charge < -0.3 is 4.98 Å². The Kier molecular flexibility index (Phi) is 6.78. The highest BCUT2D eigenvalue weighted by molar-refractivity contribution is 7.89. The van der Waals surface area contributed by atoms with Gasteiger partial charge in [0.05, 0.1) is 10.6 Å². The Bertz CT molecular complexity index is 1670. The largest absolute Gasteiger partial charge is 0.354 e. The third-order valence-electron chi connectivity index (χ3n) is 6.66. The number of carbonyl (C=O) groups is 1. The first-order chi connectivity index (χ1) is 17.8. The number of aryl methyl sites for hydroxylation is 1. The Morgan fingerprint density at radius 1 is 0.865 bits per heavy atom. The van der Waals surface area contributed by atoms with E-state index in [4.69, 9.17) is 0 Å². The van der Waals surface area contributed by atoms with Gasteiger partial charge in [-0.2, -0.15) is 0 Å². The van der Waals surface area contributed by atoms with Crippen molar-refractivity contribution < 1.29 is 13.2 Å². The molecular formula is C31H28N2O3S. The molecule has 0 bridgehead atoms. The molecule has 0 amide bonds. The molecule has 37 heavy (non-hydrogen) atoms. The minimum absolute atomic E-state index is 0.00928. The molecule has 4 aromatic carbocycles. The van der Waals surface area contributed by atoms with E-state index in [-0.39, 0.29) is 23.1 Å². The molecule has 0 aliphatic rings. The monoisotopic (exact) mass is 508 g/mol. The fraction of sp³-hybridized carbons (Fsp3) is 0.129. The molecule has 0 fully saturated rings. The van der Waals surface area contributed by atoms with Gasteiger partial charge in [0, 0.05) is 28.9 Å². The minimum Gasteiger partial charge on any atom is -0.354 e. The van der Waals surface area contributed by atoms with Crippen LogP contribution >= 0.6 is 0 Å². The molecule has 0 saturated carbocycles. The Hall–Kier alpha value is -4.00. The normalized spacial score (nSPS) is 12.5. The van der Waals surface area contributed by atoms with Gasteiger partial charge in [0.1, 0.15) is 0 Å². The first-order valence-corrected chi connectivity index (χ1v) is 13.6. The molecule has 1 atom stereocenters. The molecule has 2 N–H and O–H groups in total. The second-order valence-electron chi connectivity index (χ2n) is 9.22. The molecule has 1 heterocycles. The van der Waals surface area contributed by atoms with E-state index in [1.54, 1.807) is 37.3 Å². The topological polar surface area (TPSA) is 79.0 Å². The third-order valence-corrected chi connectivity index (χ3v) is 8.10. The van der Waals surface area contributed by atoms with Crippen LogP contribution in [0.15, 0.2) is 108 Å². The molecule has 0 saturated heterocycles. The maximum Gasteiger partial charge on any atom is 0.240 e. The number of fused-ring (bicyclic) bond motifs is 1. The summed E-state index contributed by atoms with van der Waals surface area (Å²) in [6.45, 7) is 3.65. The highest BCUT2D eigenvalue weighted by Crippen LogP contribution is 2.39. The Morgan fingerprint density at radius 2 is 1.57 bits per heavy atom.